The maximum atomic E-state index is 14.6. The van der Waals surface area contributed by atoms with Crippen molar-refractivity contribution < 1.29 is 18.1 Å². The number of carbonyl (C=O) groups is 1. The Morgan fingerprint density at radius 2 is 2.00 bits per heavy atom. The van der Waals surface area contributed by atoms with Crippen molar-refractivity contribution in [3.05, 3.63) is 72.4 Å². The Labute approximate surface area is 174 Å². The van der Waals surface area contributed by atoms with Gasteiger partial charge in [-0.25, -0.2) is 19.3 Å². The molecule has 0 radical (unpaired) electrons. The van der Waals surface area contributed by atoms with Crippen molar-refractivity contribution in [2.45, 2.75) is 13.8 Å². The van der Waals surface area contributed by atoms with E-state index in [0.717, 1.165) is 11.1 Å². The highest BCUT2D eigenvalue weighted by Crippen LogP contribution is 2.27. The first-order valence-corrected chi connectivity index (χ1v) is 9.28. The number of halogens is 1. The highest BCUT2D eigenvalue weighted by atomic mass is 19.1. The Morgan fingerprint density at radius 1 is 1.13 bits per heavy atom. The summed E-state index contributed by atoms with van der Waals surface area (Å²) in [6.07, 6.45) is 8.17. The monoisotopic (exact) mass is 418 g/mol. The molecule has 0 saturated heterocycles. The van der Waals surface area contributed by atoms with Crippen molar-refractivity contribution in [1.82, 2.24) is 24.5 Å². The van der Waals surface area contributed by atoms with Crippen LogP contribution in [0.25, 0.3) is 28.2 Å². The first kappa shape index (κ1) is 18.7. The summed E-state index contributed by atoms with van der Waals surface area (Å²) in [5.41, 5.74) is 3.00. The summed E-state index contributed by atoms with van der Waals surface area (Å²) in [5, 5.41) is 6.39. The van der Waals surface area contributed by atoms with Crippen LogP contribution in [0, 0.1) is 19.7 Å². The Morgan fingerprint density at radius 3 is 2.74 bits per heavy atom. The first-order chi connectivity index (χ1) is 15.0. The van der Waals surface area contributed by atoms with Crippen LogP contribution in [0.2, 0.25) is 0 Å². The number of fused-ring (bicyclic) bond motifs is 1. The summed E-state index contributed by atoms with van der Waals surface area (Å²) in [5.74, 6) is -0.0402. The van der Waals surface area contributed by atoms with Crippen LogP contribution in [0.4, 0.5) is 10.1 Å². The lowest BCUT2D eigenvalue weighted by molar-refractivity contribution is 0.0994. The van der Waals surface area contributed by atoms with Gasteiger partial charge in [-0.2, -0.15) is 0 Å². The standard InChI is InChI=1S/C21H15FN6O3/c1-11-19(31-12(2)25-11)20(29)26-15-3-4-17(22)16(5-15)18-9-28-8-13(6-23-21(28)27-18)14-7-24-30-10-14/h3-10H,1-2H3,(H,26,29). The Kier molecular flexibility index (Phi) is 4.32. The number of aryl methyl sites for hydroxylation is 2. The normalized spacial score (nSPS) is 11.2. The largest absolute Gasteiger partial charge is 0.436 e. The number of hydrogen-bond donors (Lipinski definition) is 1. The number of rotatable bonds is 4. The van der Waals surface area contributed by atoms with Crippen molar-refractivity contribution in [2.75, 3.05) is 5.32 Å². The number of aromatic nitrogens is 5. The third kappa shape index (κ3) is 3.44. The molecule has 0 atom stereocenters. The molecule has 0 saturated carbocycles. The van der Waals surface area contributed by atoms with Crippen LogP contribution in [0.3, 0.4) is 0 Å². The maximum absolute atomic E-state index is 14.6. The van der Waals surface area contributed by atoms with E-state index in [1.165, 1.54) is 24.5 Å². The van der Waals surface area contributed by atoms with Crippen LogP contribution in [0.5, 0.6) is 0 Å². The van der Waals surface area contributed by atoms with Crippen molar-refractivity contribution in [1.29, 1.82) is 0 Å². The van der Waals surface area contributed by atoms with Crippen LogP contribution in [-0.2, 0) is 0 Å². The average molecular weight is 418 g/mol. The SMILES string of the molecule is Cc1nc(C)c(C(=O)Nc2ccc(F)c(-c3cn4cc(-c5cnoc5)cnc4n3)c2)o1. The lowest BCUT2D eigenvalue weighted by atomic mass is 10.1. The van der Waals surface area contributed by atoms with E-state index in [2.05, 4.69) is 25.4 Å². The molecule has 0 aliphatic rings. The minimum absolute atomic E-state index is 0.113. The predicted molar refractivity (Wildman–Crippen MR) is 108 cm³/mol. The summed E-state index contributed by atoms with van der Waals surface area (Å²) < 4.78 is 26.5. The van der Waals surface area contributed by atoms with Crippen molar-refractivity contribution in [3.8, 4) is 22.4 Å². The lowest BCUT2D eigenvalue weighted by Gasteiger charge is -2.06. The van der Waals surface area contributed by atoms with Gasteiger partial charge in [0.15, 0.2) is 5.89 Å². The number of carbonyl (C=O) groups excluding carboxylic acids is 1. The van der Waals surface area contributed by atoms with Crippen LogP contribution >= 0.6 is 0 Å². The van der Waals surface area contributed by atoms with Crippen LogP contribution < -0.4 is 5.32 Å². The second kappa shape index (κ2) is 7.17. The van der Waals surface area contributed by atoms with Gasteiger partial charge in [0.25, 0.3) is 5.91 Å². The molecule has 154 valence electrons. The van der Waals surface area contributed by atoms with E-state index in [1.807, 2.05) is 0 Å². The van der Waals surface area contributed by atoms with Crippen molar-refractivity contribution >= 4 is 17.4 Å². The molecule has 0 aliphatic carbocycles. The molecule has 0 spiro atoms. The number of oxazole rings is 1. The average Bonchev–Trinajstić information content (AvgIpc) is 3.48. The van der Waals surface area contributed by atoms with Gasteiger partial charge in [-0.05, 0) is 25.1 Å². The molecule has 31 heavy (non-hydrogen) atoms. The predicted octanol–water partition coefficient (Wildman–Crippen LogP) is 4.05. The summed E-state index contributed by atoms with van der Waals surface area (Å²) in [6, 6.07) is 4.24. The highest BCUT2D eigenvalue weighted by Gasteiger charge is 2.18. The van der Waals surface area contributed by atoms with Crippen LogP contribution in [0.15, 0.2) is 58.2 Å². The quantitative estimate of drug-likeness (QED) is 0.469. The van der Waals surface area contributed by atoms with Gasteiger partial charge < -0.3 is 14.3 Å². The molecular formula is C21H15FN6O3. The number of nitrogens with one attached hydrogen (secondary N) is 1. The van der Waals surface area contributed by atoms with Crippen LogP contribution in [-0.4, -0.2) is 30.4 Å². The summed E-state index contributed by atoms with van der Waals surface area (Å²) in [6.45, 7) is 3.34. The number of nitrogens with zero attached hydrogens (tertiary/aromatic N) is 5. The van der Waals surface area contributed by atoms with Crippen molar-refractivity contribution in [2.24, 2.45) is 0 Å². The summed E-state index contributed by atoms with van der Waals surface area (Å²) >= 11 is 0. The zero-order chi connectivity index (χ0) is 21.5. The Balaban J connectivity index is 1.48. The van der Waals surface area contributed by atoms with E-state index in [9.17, 15) is 9.18 Å². The molecule has 4 heterocycles. The fraction of sp³-hybridized carbons (Fsp3) is 0.0952. The fourth-order valence-electron chi connectivity index (χ4n) is 3.24. The molecule has 5 aromatic rings. The summed E-state index contributed by atoms with van der Waals surface area (Å²) in [4.78, 5) is 25.3. The number of anilines is 1. The van der Waals surface area contributed by atoms with E-state index >= 15 is 0 Å². The lowest BCUT2D eigenvalue weighted by Crippen LogP contribution is -2.12. The third-order valence-electron chi connectivity index (χ3n) is 4.69. The number of imidazole rings is 1. The molecule has 0 unspecified atom stereocenters. The number of amides is 1. The zero-order valence-corrected chi connectivity index (χ0v) is 16.5. The molecule has 5 rings (SSSR count). The first-order valence-electron chi connectivity index (χ1n) is 9.28. The molecule has 1 amide bonds. The molecule has 4 aromatic heterocycles. The van der Waals surface area contributed by atoms with E-state index < -0.39 is 11.7 Å². The van der Waals surface area contributed by atoms with Gasteiger partial charge in [-0.15, -0.1) is 0 Å². The Bertz CT molecular complexity index is 1420. The van der Waals surface area contributed by atoms with Crippen molar-refractivity contribution in [3.63, 3.8) is 0 Å². The van der Waals surface area contributed by atoms with Gasteiger partial charge in [0.1, 0.15) is 12.1 Å². The molecule has 1 aromatic carbocycles. The van der Waals surface area contributed by atoms with Gasteiger partial charge in [-0.1, -0.05) is 5.16 Å². The van der Waals surface area contributed by atoms with Crippen LogP contribution in [0.1, 0.15) is 22.1 Å². The minimum atomic E-state index is -0.479. The van der Waals surface area contributed by atoms with E-state index in [1.54, 1.807) is 43.0 Å². The van der Waals surface area contributed by atoms with Gasteiger partial charge in [0, 0.05) is 47.9 Å². The molecular weight excluding hydrogens is 403 g/mol. The van der Waals surface area contributed by atoms with Gasteiger partial charge in [0.05, 0.1) is 17.6 Å². The maximum Gasteiger partial charge on any atom is 0.293 e. The number of hydrogen-bond acceptors (Lipinski definition) is 7. The molecule has 0 bridgehead atoms. The zero-order valence-electron chi connectivity index (χ0n) is 16.5. The molecule has 1 N–H and O–H groups in total. The topological polar surface area (TPSA) is 111 Å². The third-order valence-corrected chi connectivity index (χ3v) is 4.69. The fourth-order valence-corrected chi connectivity index (χ4v) is 3.24. The van der Waals surface area contributed by atoms with Gasteiger partial charge >= 0.3 is 0 Å². The van der Waals surface area contributed by atoms with E-state index in [-0.39, 0.29) is 11.3 Å². The second-order valence-corrected chi connectivity index (χ2v) is 6.89. The highest BCUT2D eigenvalue weighted by molar-refractivity contribution is 6.03. The molecule has 0 fully saturated rings. The van der Waals surface area contributed by atoms with Gasteiger partial charge in [-0.3, -0.25) is 9.20 Å². The molecule has 10 heteroatoms. The van der Waals surface area contributed by atoms with E-state index in [0.29, 0.717) is 28.7 Å². The summed E-state index contributed by atoms with van der Waals surface area (Å²) in [7, 11) is 0. The molecule has 9 nitrogen and oxygen atoms in total. The van der Waals surface area contributed by atoms with Gasteiger partial charge in [0.2, 0.25) is 11.5 Å². The van der Waals surface area contributed by atoms with E-state index in [4.69, 9.17) is 8.94 Å². The smallest absolute Gasteiger partial charge is 0.293 e. The Hall–Kier alpha value is -4.34. The second-order valence-electron chi connectivity index (χ2n) is 6.89. The molecule has 0 aliphatic heterocycles. The number of benzene rings is 1. The minimum Gasteiger partial charge on any atom is -0.436 e.